The minimum atomic E-state index is -0.346. The van der Waals surface area contributed by atoms with Gasteiger partial charge in [-0.3, -0.25) is 9.36 Å². The van der Waals surface area contributed by atoms with Crippen molar-refractivity contribution >= 4 is 34.4 Å². The van der Waals surface area contributed by atoms with Crippen molar-refractivity contribution < 1.29 is 4.39 Å². The van der Waals surface area contributed by atoms with E-state index in [0.29, 0.717) is 22.4 Å². The molecule has 0 aliphatic rings. The zero-order valence-corrected chi connectivity index (χ0v) is 13.9. The second kappa shape index (κ2) is 6.45. The van der Waals surface area contributed by atoms with Crippen LogP contribution in [0.25, 0.3) is 28.7 Å². The van der Waals surface area contributed by atoms with Crippen LogP contribution in [0.5, 0.6) is 0 Å². The lowest BCUT2D eigenvalue weighted by atomic mass is 10.2. The number of hydrogen-bond donors (Lipinski definition) is 0. The van der Waals surface area contributed by atoms with E-state index in [0.717, 1.165) is 5.56 Å². The first-order chi connectivity index (χ1) is 12.2. The molecule has 3 nitrogen and oxygen atoms in total. The third kappa shape index (κ3) is 3.02. The Kier molecular flexibility index (Phi) is 3.99. The second-order valence-electron chi connectivity index (χ2n) is 5.49. The van der Waals surface area contributed by atoms with Crippen molar-refractivity contribution in [1.29, 1.82) is 0 Å². The van der Waals surface area contributed by atoms with Gasteiger partial charge in [-0.05, 0) is 64.9 Å². The van der Waals surface area contributed by atoms with Crippen LogP contribution < -0.4 is 5.56 Å². The Bertz CT molecular complexity index is 1110. The molecule has 2 aromatic heterocycles. The fraction of sp³-hybridized carbons (Fsp3) is 0. The summed E-state index contributed by atoms with van der Waals surface area (Å²) in [5.74, 6) is 0.155. The third-order valence-corrected chi connectivity index (χ3v) is 4.56. The maximum absolute atomic E-state index is 13.3. The first kappa shape index (κ1) is 15.5. The molecule has 0 radical (unpaired) electrons. The summed E-state index contributed by atoms with van der Waals surface area (Å²) in [6.07, 6.45) is 3.71. The van der Waals surface area contributed by atoms with E-state index < -0.39 is 0 Å². The predicted octanol–water partition coefficient (Wildman–Crippen LogP) is 4.76. The molecule has 0 aliphatic heterocycles. The van der Waals surface area contributed by atoms with Crippen molar-refractivity contribution in [3.05, 3.63) is 92.9 Å². The zero-order chi connectivity index (χ0) is 17.2. The average molecular weight is 348 g/mol. The van der Waals surface area contributed by atoms with Gasteiger partial charge in [-0.1, -0.05) is 18.2 Å². The van der Waals surface area contributed by atoms with Gasteiger partial charge < -0.3 is 0 Å². The molecular formula is C20H13FN2OS. The third-order valence-electron chi connectivity index (χ3n) is 3.85. The van der Waals surface area contributed by atoms with Crippen LogP contribution in [-0.4, -0.2) is 9.55 Å². The molecule has 0 aliphatic carbocycles. The molecule has 0 unspecified atom stereocenters. The lowest BCUT2D eigenvalue weighted by molar-refractivity contribution is 0.627. The Morgan fingerprint density at radius 1 is 1.00 bits per heavy atom. The molecule has 122 valence electrons. The van der Waals surface area contributed by atoms with Crippen molar-refractivity contribution in [2.24, 2.45) is 0 Å². The maximum Gasteiger partial charge on any atom is 0.266 e. The molecule has 0 fully saturated rings. The largest absolute Gasteiger partial charge is 0.268 e. The normalized spacial score (nSPS) is 11.4. The van der Waals surface area contributed by atoms with Crippen molar-refractivity contribution in [2.45, 2.75) is 0 Å². The van der Waals surface area contributed by atoms with Gasteiger partial charge in [0.2, 0.25) is 0 Å². The highest BCUT2D eigenvalue weighted by Crippen LogP contribution is 2.16. The Morgan fingerprint density at radius 3 is 2.56 bits per heavy atom. The molecule has 2 aromatic carbocycles. The van der Waals surface area contributed by atoms with Gasteiger partial charge in [0, 0.05) is 0 Å². The van der Waals surface area contributed by atoms with Gasteiger partial charge in [-0.15, -0.1) is 0 Å². The predicted molar refractivity (Wildman–Crippen MR) is 101 cm³/mol. The van der Waals surface area contributed by atoms with Gasteiger partial charge in [-0.25, -0.2) is 9.37 Å². The van der Waals surface area contributed by atoms with Gasteiger partial charge in [0.15, 0.2) is 0 Å². The van der Waals surface area contributed by atoms with Crippen LogP contribution in [0.4, 0.5) is 4.39 Å². The van der Waals surface area contributed by atoms with Crippen LogP contribution in [0.15, 0.2) is 70.2 Å². The summed E-state index contributed by atoms with van der Waals surface area (Å²) in [4.78, 5) is 17.6. The number of aromatic nitrogens is 2. The molecule has 0 saturated carbocycles. The number of thiophene rings is 1. The number of benzene rings is 2. The first-order valence-electron chi connectivity index (χ1n) is 7.70. The fourth-order valence-electron chi connectivity index (χ4n) is 2.64. The lowest BCUT2D eigenvalue weighted by Gasteiger charge is -2.11. The van der Waals surface area contributed by atoms with Crippen LogP contribution in [0.1, 0.15) is 11.4 Å². The number of para-hydroxylation sites is 1. The summed E-state index contributed by atoms with van der Waals surface area (Å²) in [7, 11) is 0. The summed E-state index contributed by atoms with van der Waals surface area (Å²) in [6.45, 7) is 0. The van der Waals surface area contributed by atoms with Gasteiger partial charge in [0.1, 0.15) is 11.6 Å². The number of hydrogen-bond acceptors (Lipinski definition) is 3. The van der Waals surface area contributed by atoms with Gasteiger partial charge in [-0.2, -0.15) is 11.3 Å². The highest BCUT2D eigenvalue weighted by atomic mass is 32.1. The Balaban J connectivity index is 1.97. The molecule has 2 heterocycles. The van der Waals surface area contributed by atoms with Crippen molar-refractivity contribution in [3.63, 3.8) is 0 Å². The van der Waals surface area contributed by atoms with Gasteiger partial charge in [0.05, 0.1) is 16.6 Å². The Labute approximate surface area is 147 Å². The second-order valence-corrected chi connectivity index (χ2v) is 6.27. The van der Waals surface area contributed by atoms with Gasteiger partial charge >= 0.3 is 0 Å². The first-order valence-corrected chi connectivity index (χ1v) is 8.65. The summed E-state index contributed by atoms with van der Waals surface area (Å²) in [5, 5.41) is 4.53. The SMILES string of the molecule is O=c1c2ccccc2nc(/C=C/c2ccsc2)n1-c1ccc(F)cc1. The summed E-state index contributed by atoms with van der Waals surface area (Å²) in [5.41, 5.74) is 2.07. The molecule has 25 heavy (non-hydrogen) atoms. The number of halogens is 1. The Morgan fingerprint density at radius 2 is 1.80 bits per heavy atom. The van der Waals surface area contributed by atoms with Crippen LogP contribution in [0, 0.1) is 5.82 Å². The summed E-state index contributed by atoms with van der Waals surface area (Å²) < 4.78 is 14.8. The highest BCUT2D eigenvalue weighted by Gasteiger charge is 2.11. The van der Waals surface area contributed by atoms with E-state index in [4.69, 9.17) is 0 Å². The van der Waals surface area contributed by atoms with Crippen LogP contribution >= 0.6 is 11.3 Å². The summed E-state index contributed by atoms with van der Waals surface area (Å²) in [6, 6.07) is 15.0. The number of fused-ring (bicyclic) bond motifs is 1. The average Bonchev–Trinajstić information content (AvgIpc) is 3.15. The van der Waals surface area contributed by atoms with Crippen LogP contribution in [-0.2, 0) is 0 Å². The van der Waals surface area contributed by atoms with E-state index in [-0.39, 0.29) is 11.4 Å². The topological polar surface area (TPSA) is 34.9 Å². The van der Waals surface area contributed by atoms with E-state index >= 15 is 0 Å². The molecule has 5 heteroatoms. The van der Waals surface area contributed by atoms with E-state index in [1.807, 2.05) is 35.0 Å². The van der Waals surface area contributed by atoms with E-state index in [2.05, 4.69) is 4.98 Å². The zero-order valence-electron chi connectivity index (χ0n) is 13.1. The van der Waals surface area contributed by atoms with Crippen LogP contribution in [0.2, 0.25) is 0 Å². The van der Waals surface area contributed by atoms with E-state index in [1.165, 1.54) is 16.7 Å². The molecule has 4 rings (SSSR count). The van der Waals surface area contributed by atoms with Crippen molar-refractivity contribution in [1.82, 2.24) is 9.55 Å². The maximum atomic E-state index is 13.3. The molecule has 0 atom stereocenters. The highest BCUT2D eigenvalue weighted by molar-refractivity contribution is 7.08. The minimum Gasteiger partial charge on any atom is -0.268 e. The van der Waals surface area contributed by atoms with Crippen molar-refractivity contribution in [2.75, 3.05) is 0 Å². The van der Waals surface area contributed by atoms with Crippen LogP contribution in [0.3, 0.4) is 0 Å². The molecule has 0 amide bonds. The fourth-order valence-corrected chi connectivity index (χ4v) is 3.27. The quantitative estimate of drug-likeness (QED) is 0.535. The molecule has 4 aromatic rings. The molecule has 0 spiro atoms. The standard InChI is InChI=1S/C20H13FN2OS/c21-15-6-8-16(9-7-15)23-19(10-5-14-11-12-25-13-14)22-18-4-2-1-3-17(18)20(23)24/h1-13H/b10-5+. The number of rotatable bonds is 3. The molecule has 0 bridgehead atoms. The lowest BCUT2D eigenvalue weighted by Crippen LogP contribution is -2.22. The number of nitrogens with zero attached hydrogens (tertiary/aromatic N) is 2. The van der Waals surface area contributed by atoms with Crippen molar-refractivity contribution in [3.8, 4) is 5.69 Å². The van der Waals surface area contributed by atoms with E-state index in [1.54, 1.807) is 41.7 Å². The smallest absolute Gasteiger partial charge is 0.266 e. The van der Waals surface area contributed by atoms with Gasteiger partial charge in [0.25, 0.3) is 5.56 Å². The Hall–Kier alpha value is -3.05. The molecular weight excluding hydrogens is 335 g/mol. The summed E-state index contributed by atoms with van der Waals surface area (Å²) >= 11 is 1.60. The molecule has 0 saturated heterocycles. The molecule has 0 N–H and O–H groups in total. The van der Waals surface area contributed by atoms with E-state index in [9.17, 15) is 9.18 Å². The minimum absolute atomic E-state index is 0.179. The monoisotopic (exact) mass is 348 g/mol.